The largest absolute Gasteiger partial charge is 0.255 e. The second-order valence-electron chi connectivity index (χ2n) is 15.3. The van der Waals surface area contributed by atoms with Gasteiger partial charge in [-0.2, -0.15) is 0 Å². The molecule has 0 spiro atoms. The highest BCUT2D eigenvalue weighted by Gasteiger charge is 2.14. The Balaban J connectivity index is 2.01. The van der Waals surface area contributed by atoms with E-state index in [1.807, 2.05) is 0 Å². The summed E-state index contributed by atoms with van der Waals surface area (Å²) in [7, 11) is 0. The predicted octanol–water partition coefficient (Wildman–Crippen LogP) is 16.1. The summed E-state index contributed by atoms with van der Waals surface area (Å²) in [6, 6.07) is 20.7. The molecule has 3 rings (SSSR count). The Morgan fingerprint density at radius 2 is 0.923 bits per heavy atom. The van der Waals surface area contributed by atoms with E-state index in [2.05, 4.69) is 102 Å². The molecule has 3 aromatic rings. The van der Waals surface area contributed by atoms with Crippen molar-refractivity contribution in [3.63, 3.8) is 0 Å². The van der Waals surface area contributed by atoms with Gasteiger partial charge in [-0.3, -0.25) is 9.98 Å². The average molecular weight is 705 g/mol. The quantitative estimate of drug-likeness (QED) is 0.0531. The van der Waals surface area contributed by atoms with Gasteiger partial charge in [0.1, 0.15) is 0 Å². The van der Waals surface area contributed by atoms with Crippen LogP contribution in [0.25, 0.3) is 11.1 Å². The zero-order valence-corrected chi connectivity index (χ0v) is 34.6. The molecule has 0 heterocycles. The van der Waals surface area contributed by atoms with E-state index in [0.29, 0.717) is 0 Å². The Hall–Kier alpha value is -3.00. The van der Waals surface area contributed by atoms with Gasteiger partial charge >= 0.3 is 0 Å². The van der Waals surface area contributed by atoms with E-state index in [9.17, 15) is 0 Å². The van der Waals surface area contributed by atoms with Gasteiger partial charge in [-0.15, -0.1) is 0 Å². The fourth-order valence-electron chi connectivity index (χ4n) is 7.60. The van der Waals surface area contributed by atoms with E-state index < -0.39 is 0 Å². The lowest BCUT2D eigenvalue weighted by atomic mass is 9.89. The smallest absolute Gasteiger partial charge is 0.0642 e. The van der Waals surface area contributed by atoms with Gasteiger partial charge in [-0.1, -0.05) is 155 Å². The highest BCUT2D eigenvalue weighted by molar-refractivity contribution is 6.31. The second kappa shape index (κ2) is 26.7. The fourth-order valence-corrected chi connectivity index (χ4v) is 7.60. The van der Waals surface area contributed by atoms with Crippen LogP contribution in [0.1, 0.15) is 191 Å². The van der Waals surface area contributed by atoms with Crippen LogP contribution in [0.4, 0.5) is 11.4 Å². The highest BCUT2D eigenvalue weighted by Crippen LogP contribution is 2.34. The van der Waals surface area contributed by atoms with Gasteiger partial charge in [0.25, 0.3) is 0 Å². The summed E-state index contributed by atoms with van der Waals surface area (Å²) in [6.07, 6.45) is 32.0. The van der Waals surface area contributed by atoms with Crippen molar-refractivity contribution < 1.29 is 0 Å². The Morgan fingerprint density at radius 3 is 1.50 bits per heavy atom. The maximum absolute atomic E-state index is 5.33. The molecular weight excluding hydrogens is 629 g/mol. The third-order valence-corrected chi connectivity index (χ3v) is 10.8. The minimum absolute atomic E-state index is 0.857. The summed E-state index contributed by atoms with van der Waals surface area (Å²) in [5.41, 5.74) is 13.7. The van der Waals surface area contributed by atoms with Gasteiger partial charge in [-0.25, -0.2) is 0 Å². The molecule has 0 aliphatic heterocycles. The molecule has 0 atom stereocenters. The van der Waals surface area contributed by atoms with E-state index in [-0.39, 0.29) is 0 Å². The van der Waals surface area contributed by atoms with Crippen LogP contribution in [0.5, 0.6) is 0 Å². The number of aliphatic imine (C=N–C) groups is 2. The van der Waals surface area contributed by atoms with Crippen LogP contribution in [0.2, 0.25) is 0 Å². The molecule has 2 nitrogen and oxygen atoms in total. The van der Waals surface area contributed by atoms with Crippen molar-refractivity contribution in [3.8, 4) is 11.1 Å². The Bertz CT molecular complexity index is 1450. The number of nitrogens with zero attached hydrogens (tertiary/aromatic N) is 2. The van der Waals surface area contributed by atoms with Gasteiger partial charge in [0, 0.05) is 6.21 Å². The lowest BCUT2D eigenvalue weighted by Gasteiger charge is -2.18. The maximum Gasteiger partial charge on any atom is 0.0642 e. The van der Waals surface area contributed by atoms with Crippen molar-refractivity contribution >= 4 is 23.3 Å². The van der Waals surface area contributed by atoms with Crippen LogP contribution in [-0.4, -0.2) is 11.9 Å². The van der Waals surface area contributed by atoms with Gasteiger partial charge in [0.15, 0.2) is 0 Å². The summed E-state index contributed by atoms with van der Waals surface area (Å²) in [6.45, 7) is 13.8. The normalized spacial score (nSPS) is 12.0. The standard InChI is InChI=1S/C50H76N2/c1-7-13-18-21-22-28-35-49-44(30-17-11-5)38-47(39-50(49)41-31-25-23-26-32-41)52-45(12-6)40-51-46-36-42(29-16-10-4)48(34-27-20-15-9-3)43(37-46)33-24-19-14-8-2/h23,25-26,31-32,36-40H,7-22,24,27-30,33-35H2,1-6H3. The van der Waals surface area contributed by atoms with Crippen LogP contribution >= 0.6 is 0 Å². The monoisotopic (exact) mass is 705 g/mol. The molecule has 0 amide bonds. The lowest BCUT2D eigenvalue weighted by Crippen LogP contribution is -2.03. The van der Waals surface area contributed by atoms with E-state index in [4.69, 9.17) is 9.98 Å². The van der Waals surface area contributed by atoms with Crippen molar-refractivity contribution in [2.45, 2.75) is 196 Å². The second-order valence-corrected chi connectivity index (χ2v) is 15.3. The molecule has 0 bridgehead atoms. The topological polar surface area (TPSA) is 24.7 Å². The van der Waals surface area contributed by atoms with Crippen LogP contribution in [-0.2, 0) is 32.1 Å². The van der Waals surface area contributed by atoms with Crippen LogP contribution in [0, 0.1) is 0 Å². The molecule has 0 fully saturated rings. The van der Waals surface area contributed by atoms with Gasteiger partial charge in [-0.05, 0) is 134 Å². The minimum atomic E-state index is 0.857. The lowest BCUT2D eigenvalue weighted by molar-refractivity contribution is 0.606. The molecule has 2 heteroatoms. The molecule has 0 saturated carbocycles. The van der Waals surface area contributed by atoms with Crippen LogP contribution < -0.4 is 0 Å². The number of aryl methyl sites for hydroxylation is 3. The fraction of sp³-hybridized carbons (Fsp3) is 0.600. The number of unbranched alkanes of at least 4 members (excludes halogenated alkanes) is 13. The molecule has 0 radical (unpaired) electrons. The van der Waals surface area contributed by atoms with Crippen molar-refractivity contribution in [2.75, 3.05) is 0 Å². The van der Waals surface area contributed by atoms with Gasteiger partial charge in [0.05, 0.1) is 17.1 Å². The van der Waals surface area contributed by atoms with Gasteiger partial charge < -0.3 is 0 Å². The zero-order chi connectivity index (χ0) is 37.2. The molecule has 0 aliphatic carbocycles. The molecule has 0 aromatic heterocycles. The van der Waals surface area contributed by atoms with E-state index in [0.717, 1.165) is 42.8 Å². The number of rotatable bonds is 28. The van der Waals surface area contributed by atoms with Crippen LogP contribution in [0.3, 0.4) is 0 Å². The SMILES string of the molecule is CCCCCCCCc1c(CCCC)cc(N=C(C=Nc2cc(CCCC)c(CCCCCC)c(CCCCCC)c2)CC)cc1-c1ccccc1. The van der Waals surface area contributed by atoms with Gasteiger partial charge in [0.2, 0.25) is 0 Å². The Morgan fingerprint density at radius 1 is 0.462 bits per heavy atom. The summed E-state index contributed by atoms with van der Waals surface area (Å²) in [4.78, 5) is 10.5. The molecule has 0 unspecified atom stereocenters. The number of benzene rings is 3. The summed E-state index contributed by atoms with van der Waals surface area (Å²) >= 11 is 0. The third kappa shape index (κ3) is 15.5. The zero-order valence-electron chi connectivity index (χ0n) is 34.6. The molecule has 0 aliphatic rings. The molecule has 0 N–H and O–H groups in total. The first-order valence-corrected chi connectivity index (χ1v) is 22.1. The molecular formula is C50H76N2. The molecule has 52 heavy (non-hydrogen) atoms. The van der Waals surface area contributed by atoms with Crippen molar-refractivity contribution in [1.82, 2.24) is 0 Å². The Kier molecular flexibility index (Phi) is 22.3. The van der Waals surface area contributed by atoms with Crippen molar-refractivity contribution in [3.05, 3.63) is 82.4 Å². The minimum Gasteiger partial charge on any atom is -0.255 e. The molecule has 0 saturated heterocycles. The predicted molar refractivity (Wildman–Crippen MR) is 234 cm³/mol. The first-order valence-electron chi connectivity index (χ1n) is 22.1. The first-order chi connectivity index (χ1) is 25.6. The summed E-state index contributed by atoms with van der Waals surface area (Å²) < 4.78 is 0. The third-order valence-electron chi connectivity index (χ3n) is 10.8. The van der Waals surface area contributed by atoms with Crippen molar-refractivity contribution in [2.24, 2.45) is 9.98 Å². The molecule has 3 aromatic carbocycles. The van der Waals surface area contributed by atoms with E-state index in [1.165, 1.54) is 145 Å². The Labute approximate surface area is 321 Å². The van der Waals surface area contributed by atoms with Crippen LogP contribution in [0.15, 0.2) is 64.6 Å². The average Bonchev–Trinajstić information content (AvgIpc) is 3.17. The van der Waals surface area contributed by atoms with E-state index >= 15 is 0 Å². The van der Waals surface area contributed by atoms with Crippen molar-refractivity contribution in [1.29, 1.82) is 0 Å². The number of hydrogen-bond donors (Lipinski definition) is 0. The summed E-state index contributed by atoms with van der Waals surface area (Å²) in [5.74, 6) is 0. The maximum atomic E-state index is 5.33. The number of hydrogen-bond acceptors (Lipinski definition) is 2. The summed E-state index contributed by atoms with van der Waals surface area (Å²) in [5, 5.41) is 0. The first kappa shape index (κ1) is 43.4. The molecule has 286 valence electrons. The highest BCUT2D eigenvalue weighted by atomic mass is 14.8. The van der Waals surface area contributed by atoms with E-state index in [1.54, 1.807) is 22.3 Å².